The summed E-state index contributed by atoms with van der Waals surface area (Å²) in [5.74, 6) is 1.68. The number of methoxy groups -OCH3 is 1. The molecular weight excluding hydrogens is 286 g/mol. The standard InChI is InChI=1S/C16H22ClN3O/c1-21-9-3-8-20-15-10-13(17)5-6-14(15)19-16(20)12-4-2-7-18-11-12/h5-6,10,12,18H,2-4,7-9,11H2,1H3/t12-/m1/s1. The van der Waals surface area contributed by atoms with Crippen LogP contribution in [0.15, 0.2) is 18.2 Å². The summed E-state index contributed by atoms with van der Waals surface area (Å²) in [4.78, 5) is 4.88. The lowest BCUT2D eigenvalue weighted by molar-refractivity contribution is 0.190. The van der Waals surface area contributed by atoms with Gasteiger partial charge in [0.1, 0.15) is 5.82 Å². The molecule has 5 heteroatoms. The topological polar surface area (TPSA) is 39.1 Å². The molecule has 1 aliphatic heterocycles. The number of benzene rings is 1. The third kappa shape index (κ3) is 3.23. The number of hydrogen-bond donors (Lipinski definition) is 1. The highest BCUT2D eigenvalue weighted by atomic mass is 35.5. The van der Waals surface area contributed by atoms with Crippen molar-refractivity contribution in [2.24, 2.45) is 0 Å². The zero-order chi connectivity index (χ0) is 14.7. The van der Waals surface area contributed by atoms with Gasteiger partial charge in [-0.05, 0) is 44.0 Å². The molecule has 0 amide bonds. The fourth-order valence-electron chi connectivity index (χ4n) is 3.10. The van der Waals surface area contributed by atoms with Crippen LogP contribution in [0.1, 0.15) is 31.0 Å². The van der Waals surface area contributed by atoms with Crippen molar-refractivity contribution in [3.63, 3.8) is 0 Å². The minimum absolute atomic E-state index is 0.493. The van der Waals surface area contributed by atoms with Gasteiger partial charge in [-0.2, -0.15) is 0 Å². The smallest absolute Gasteiger partial charge is 0.114 e. The molecular formula is C16H22ClN3O. The molecule has 114 valence electrons. The summed E-state index contributed by atoms with van der Waals surface area (Å²) in [6, 6.07) is 5.96. The van der Waals surface area contributed by atoms with E-state index in [9.17, 15) is 0 Å². The molecule has 0 aliphatic carbocycles. The fraction of sp³-hybridized carbons (Fsp3) is 0.562. The van der Waals surface area contributed by atoms with Crippen molar-refractivity contribution in [3.05, 3.63) is 29.0 Å². The molecule has 0 radical (unpaired) electrons. The summed E-state index contributed by atoms with van der Waals surface area (Å²) in [6.45, 7) is 3.83. The zero-order valence-corrected chi connectivity index (χ0v) is 13.2. The second-order valence-electron chi connectivity index (χ2n) is 5.64. The Morgan fingerprint density at radius 2 is 2.38 bits per heavy atom. The van der Waals surface area contributed by atoms with E-state index in [1.165, 1.54) is 18.7 Å². The maximum atomic E-state index is 6.17. The summed E-state index contributed by atoms with van der Waals surface area (Å²) < 4.78 is 7.52. The maximum absolute atomic E-state index is 6.17. The first kappa shape index (κ1) is 14.8. The van der Waals surface area contributed by atoms with Crippen LogP contribution in [0.25, 0.3) is 11.0 Å². The molecule has 1 saturated heterocycles. The predicted octanol–water partition coefficient (Wildman–Crippen LogP) is 3.19. The largest absolute Gasteiger partial charge is 0.385 e. The number of imidazole rings is 1. The van der Waals surface area contributed by atoms with E-state index in [0.717, 1.165) is 48.7 Å². The van der Waals surface area contributed by atoms with Crippen LogP contribution in [0.2, 0.25) is 5.02 Å². The van der Waals surface area contributed by atoms with Crippen molar-refractivity contribution in [1.29, 1.82) is 0 Å². The fourth-order valence-corrected chi connectivity index (χ4v) is 3.27. The molecule has 3 rings (SSSR count). The van der Waals surface area contributed by atoms with Crippen molar-refractivity contribution < 1.29 is 4.74 Å². The van der Waals surface area contributed by atoms with Gasteiger partial charge in [-0.3, -0.25) is 0 Å². The second kappa shape index (κ2) is 6.77. The van der Waals surface area contributed by atoms with Gasteiger partial charge in [-0.25, -0.2) is 4.98 Å². The van der Waals surface area contributed by atoms with E-state index < -0.39 is 0 Å². The molecule has 2 heterocycles. The van der Waals surface area contributed by atoms with E-state index in [-0.39, 0.29) is 0 Å². The van der Waals surface area contributed by atoms with E-state index in [1.54, 1.807) is 7.11 Å². The SMILES string of the molecule is COCCCn1c([C@@H]2CCCNC2)nc2ccc(Cl)cc21. The molecule has 21 heavy (non-hydrogen) atoms. The van der Waals surface area contributed by atoms with Crippen LogP contribution in [0.5, 0.6) is 0 Å². The van der Waals surface area contributed by atoms with Crippen molar-refractivity contribution in [2.45, 2.75) is 31.7 Å². The lowest BCUT2D eigenvalue weighted by Gasteiger charge is -2.23. The minimum atomic E-state index is 0.493. The zero-order valence-electron chi connectivity index (χ0n) is 12.4. The van der Waals surface area contributed by atoms with Crippen molar-refractivity contribution >= 4 is 22.6 Å². The Hall–Kier alpha value is -1.10. The molecule has 1 aromatic heterocycles. The molecule has 0 unspecified atom stereocenters. The van der Waals surface area contributed by atoms with Gasteiger partial charge < -0.3 is 14.6 Å². The van der Waals surface area contributed by atoms with Crippen molar-refractivity contribution in [3.8, 4) is 0 Å². The van der Waals surface area contributed by atoms with E-state index in [0.29, 0.717) is 5.92 Å². The first-order valence-electron chi connectivity index (χ1n) is 7.65. The number of aryl methyl sites for hydroxylation is 1. The first-order chi connectivity index (χ1) is 10.3. The Kier molecular flexibility index (Phi) is 4.78. The molecule has 1 aliphatic rings. The summed E-state index contributed by atoms with van der Waals surface area (Å²) in [6.07, 6.45) is 3.41. The third-order valence-corrected chi connectivity index (χ3v) is 4.37. The highest BCUT2D eigenvalue weighted by Crippen LogP contribution is 2.28. The van der Waals surface area contributed by atoms with E-state index >= 15 is 0 Å². The van der Waals surface area contributed by atoms with Gasteiger partial charge in [-0.15, -0.1) is 0 Å². The normalized spacial score (nSPS) is 19.2. The van der Waals surface area contributed by atoms with Gasteiger partial charge in [0.25, 0.3) is 0 Å². The van der Waals surface area contributed by atoms with E-state index in [1.807, 2.05) is 18.2 Å². The number of nitrogens with one attached hydrogen (secondary N) is 1. The average molecular weight is 308 g/mol. The number of aromatic nitrogens is 2. The van der Waals surface area contributed by atoms with Crippen molar-refractivity contribution in [1.82, 2.24) is 14.9 Å². The molecule has 1 aromatic carbocycles. The minimum Gasteiger partial charge on any atom is -0.385 e. The van der Waals surface area contributed by atoms with Gasteiger partial charge in [-0.1, -0.05) is 11.6 Å². The van der Waals surface area contributed by atoms with Gasteiger partial charge in [0.15, 0.2) is 0 Å². The van der Waals surface area contributed by atoms with Crippen LogP contribution in [-0.4, -0.2) is 36.4 Å². The number of fused-ring (bicyclic) bond motifs is 1. The number of rotatable bonds is 5. The van der Waals surface area contributed by atoms with Crippen LogP contribution < -0.4 is 5.32 Å². The Balaban J connectivity index is 1.97. The second-order valence-corrected chi connectivity index (χ2v) is 6.08. The number of hydrogen-bond acceptors (Lipinski definition) is 3. The monoisotopic (exact) mass is 307 g/mol. The summed E-state index contributed by atoms with van der Waals surface area (Å²) in [5.41, 5.74) is 2.18. The Labute approximate surface area is 130 Å². The maximum Gasteiger partial charge on any atom is 0.114 e. The number of ether oxygens (including phenoxy) is 1. The van der Waals surface area contributed by atoms with Crippen LogP contribution in [0, 0.1) is 0 Å². The molecule has 0 saturated carbocycles. The summed E-state index contributed by atoms with van der Waals surface area (Å²) in [7, 11) is 1.74. The van der Waals surface area contributed by atoms with Crippen LogP contribution in [0.3, 0.4) is 0 Å². The summed E-state index contributed by atoms with van der Waals surface area (Å²) >= 11 is 6.17. The van der Waals surface area contributed by atoms with Crippen LogP contribution in [0.4, 0.5) is 0 Å². The lowest BCUT2D eigenvalue weighted by Crippen LogP contribution is -2.30. The van der Waals surface area contributed by atoms with Gasteiger partial charge in [0.2, 0.25) is 0 Å². The van der Waals surface area contributed by atoms with Gasteiger partial charge in [0, 0.05) is 37.7 Å². The quantitative estimate of drug-likeness (QED) is 0.862. The molecule has 1 atom stereocenters. The van der Waals surface area contributed by atoms with E-state index in [2.05, 4.69) is 9.88 Å². The Morgan fingerprint density at radius 3 is 3.14 bits per heavy atom. The number of halogens is 1. The lowest BCUT2D eigenvalue weighted by atomic mass is 9.99. The van der Waals surface area contributed by atoms with Gasteiger partial charge >= 0.3 is 0 Å². The van der Waals surface area contributed by atoms with Crippen LogP contribution in [-0.2, 0) is 11.3 Å². The first-order valence-corrected chi connectivity index (χ1v) is 8.02. The molecule has 1 N–H and O–H groups in total. The highest BCUT2D eigenvalue weighted by Gasteiger charge is 2.22. The van der Waals surface area contributed by atoms with E-state index in [4.69, 9.17) is 21.3 Å². The van der Waals surface area contributed by atoms with Crippen molar-refractivity contribution in [2.75, 3.05) is 26.8 Å². The van der Waals surface area contributed by atoms with Crippen LogP contribution >= 0.6 is 11.6 Å². The summed E-state index contributed by atoms with van der Waals surface area (Å²) in [5, 5.41) is 4.25. The highest BCUT2D eigenvalue weighted by molar-refractivity contribution is 6.31. The molecule has 0 spiro atoms. The molecule has 4 nitrogen and oxygen atoms in total. The Bertz CT molecular complexity index is 605. The predicted molar refractivity (Wildman–Crippen MR) is 86.1 cm³/mol. The van der Waals surface area contributed by atoms with Gasteiger partial charge in [0.05, 0.1) is 11.0 Å². The Morgan fingerprint density at radius 1 is 1.48 bits per heavy atom. The molecule has 0 bridgehead atoms. The number of nitrogens with zero attached hydrogens (tertiary/aromatic N) is 2. The number of piperidine rings is 1. The third-order valence-electron chi connectivity index (χ3n) is 4.13. The molecule has 1 fully saturated rings. The average Bonchev–Trinajstić information content (AvgIpc) is 2.87. The molecule has 2 aromatic rings.